The fourth-order valence-corrected chi connectivity index (χ4v) is 0. The number of nitrogens with zero attached hydrogens (tertiary/aromatic N) is 1. The fraction of sp³-hybridized carbons (Fsp3) is 0. The van der Waals surface area contributed by atoms with E-state index in [-0.39, 0.29) is 43.6 Å². The molecule has 9 N–H and O–H groups in total. The molecule has 60 valence electrons. The van der Waals surface area contributed by atoms with E-state index in [4.69, 9.17) is 15.3 Å². The van der Waals surface area contributed by atoms with Gasteiger partial charge in [0, 0.05) is 21.7 Å². The molecule has 0 rings (SSSR count). The van der Waals surface area contributed by atoms with Gasteiger partial charge in [-0.25, -0.2) is 0 Å². The van der Waals surface area contributed by atoms with Crippen molar-refractivity contribution in [1.82, 2.24) is 0 Å². The third-order valence-electron chi connectivity index (χ3n) is 0. The van der Waals surface area contributed by atoms with Gasteiger partial charge in [-0.05, 0) is 0 Å². The van der Waals surface area contributed by atoms with Gasteiger partial charge in [-0.3, -0.25) is 0 Å². The fourth-order valence-electron chi connectivity index (χ4n) is 0. The average molecular weight is 183 g/mol. The molecule has 0 aliphatic rings. The number of hydrogen-bond donors (Lipinski definition) is 1. The zero-order chi connectivity index (χ0) is 3.58. The van der Waals surface area contributed by atoms with E-state index in [1.807, 2.05) is 0 Å². The zero-order valence-corrected chi connectivity index (χ0v) is 5.77. The summed E-state index contributed by atoms with van der Waals surface area (Å²) in [6.07, 6.45) is 0. The van der Waals surface area contributed by atoms with Crippen LogP contribution in [0.25, 0.3) is 0 Å². The van der Waals surface area contributed by atoms with Gasteiger partial charge in [-0.2, -0.15) is 0 Å². The molecule has 0 atom stereocenters. The van der Waals surface area contributed by atoms with Crippen LogP contribution < -0.4 is 0 Å². The topological polar surface area (TPSA) is 189 Å². The maximum absolute atomic E-state index is 8.36. The third kappa shape index (κ3) is 4250. The Labute approximate surface area is 64.7 Å². The van der Waals surface area contributed by atoms with Crippen LogP contribution in [0.2, 0.25) is 0 Å². The van der Waals surface area contributed by atoms with Crippen LogP contribution in [0.3, 0.4) is 0 Å². The second-order valence-electron chi connectivity index (χ2n) is 0.238. The zero-order valence-electron chi connectivity index (χ0n) is 4.21. The molecule has 0 heterocycles. The van der Waals surface area contributed by atoms with Crippen LogP contribution in [-0.4, -0.2) is 32.2 Å². The largest absolute Gasteiger partial charge is 0.412 e. The number of rotatable bonds is 0. The number of hydrogen-bond acceptors (Lipinski definition) is 2. The van der Waals surface area contributed by atoms with Crippen LogP contribution in [-0.2, 0) is 21.7 Å². The molecule has 0 aliphatic carbocycles. The quantitative estimate of drug-likeness (QED) is 0.230. The Morgan fingerprint density at radius 3 is 1.11 bits per heavy atom. The molecule has 0 aliphatic heterocycles. The van der Waals surface area contributed by atoms with Crippen molar-refractivity contribution in [2.24, 2.45) is 0 Å². The molecule has 0 saturated carbocycles. The Morgan fingerprint density at radius 2 is 1.11 bits per heavy atom. The van der Waals surface area contributed by atoms with Gasteiger partial charge in [0.25, 0.3) is 5.09 Å². The first-order valence-electron chi connectivity index (χ1n) is 0.565. The van der Waals surface area contributed by atoms with Crippen LogP contribution in [0.1, 0.15) is 0 Å². The van der Waals surface area contributed by atoms with E-state index in [9.17, 15) is 0 Å². The van der Waals surface area contributed by atoms with Crippen LogP contribution in [0, 0.1) is 10.1 Å². The van der Waals surface area contributed by atoms with Crippen LogP contribution in [0.5, 0.6) is 0 Å². The molecule has 9 heavy (non-hydrogen) atoms. The summed E-state index contributed by atoms with van der Waals surface area (Å²) >= 11 is 0. The summed E-state index contributed by atoms with van der Waals surface area (Å²) in [7, 11) is 0. The first-order chi connectivity index (χ1) is 1.73. The van der Waals surface area contributed by atoms with Gasteiger partial charge < -0.3 is 27.1 Å². The predicted molar refractivity (Wildman–Crippen MR) is 23.2 cm³/mol. The summed E-state index contributed by atoms with van der Waals surface area (Å²) < 4.78 is 0. The van der Waals surface area contributed by atoms with Crippen LogP contribution in [0.15, 0.2) is 0 Å². The molecule has 0 spiro atoms. The van der Waals surface area contributed by atoms with E-state index in [2.05, 4.69) is 0 Å². The minimum atomic E-state index is -1.50. The molecule has 0 unspecified atom stereocenters. The van der Waals surface area contributed by atoms with Crippen molar-refractivity contribution in [1.29, 1.82) is 0 Å². The van der Waals surface area contributed by atoms with Gasteiger partial charge in [0.2, 0.25) is 0 Å². The molecular formula is H9NO7Ti. The first-order valence-corrected chi connectivity index (χ1v) is 0.565. The van der Waals surface area contributed by atoms with E-state index in [1.165, 1.54) is 0 Å². The minimum Gasteiger partial charge on any atom is -0.412 e. The molecule has 0 amide bonds. The van der Waals surface area contributed by atoms with E-state index < -0.39 is 5.09 Å². The molecule has 0 bridgehead atoms. The molecule has 0 aromatic carbocycles. The van der Waals surface area contributed by atoms with Gasteiger partial charge in [-0.1, -0.05) is 0 Å². The van der Waals surface area contributed by atoms with Gasteiger partial charge in [0.15, 0.2) is 0 Å². The monoisotopic (exact) mass is 183 g/mol. The van der Waals surface area contributed by atoms with E-state index in [1.54, 1.807) is 0 Å². The Morgan fingerprint density at radius 1 is 1.11 bits per heavy atom. The third-order valence-corrected chi connectivity index (χ3v) is 0. The Balaban J connectivity index is -0.00000000450. The van der Waals surface area contributed by atoms with Gasteiger partial charge >= 0.3 is 0 Å². The summed E-state index contributed by atoms with van der Waals surface area (Å²) in [5.41, 5.74) is 0. The molecule has 0 radical (unpaired) electrons. The van der Waals surface area contributed by atoms with Crippen molar-refractivity contribution in [2.45, 2.75) is 0 Å². The molecule has 9 heteroatoms. The normalized spacial score (nSPS) is 2.67. The second-order valence-corrected chi connectivity index (χ2v) is 0.238. The second kappa shape index (κ2) is 46.6. The first kappa shape index (κ1) is 69.4. The Bertz CT molecular complexity index is 31.9. The van der Waals surface area contributed by atoms with Gasteiger partial charge in [0.1, 0.15) is 0 Å². The smallest absolute Gasteiger partial charge is 0.291 e. The van der Waals surface area contributed by atoms with Crippen molar-refractivity contribution in [3.8, 4) is 0 Å². The van der Waals surface area contributed by atoms with E-state index in [0.29, 0.717) is 0 Å². The summed E-state index contributed by atoms with van der Waals surface area (Å²) in [6.45, 7) is 0. The molecular weight excluding hydrogens is 174 g/mol. The molecule has 0 fully saturated rings. The Kier molecular flexibility index (Phi) is 360. The van der Waals surface area contributed by atoms with Crippen molar-refractivity contribution >= 4 is 0 Å². The molecule has 0 aromatic heterocycles. The van der Waals surface area contributed by atoms with Crippen LogP contribution >= 0.6 is 0 Å². The SMILES string of the molecule is O.O.O.O.O=[N+]([O-])O.[Ti]. The van der Waals surface area contributed by atoms with Crippen molar-refractivity contribution in [3.63, 3.8) is 0 Å². The van der Waals surface area contributed by atoms with E-state index >= 15 is 0 Å². The molecule has 8 nitrogen and oxygen atoms in total. The van der Waals surface area contributed by atoms with Crippen molar-refractivity contribution < 1.29 is 53.9 Å². The Hall–Kier alpha value is -0.246. The molecule has 0 aromatic rings. The van der Waals surface area contributed by atoms with Crippen molar-refractivity contribution in [2.75, 3.05) is 0 Å². The minimum absolute atomic E-state index is 0. The maximum atomic E-state index is 8.36. The van der Waals surface area contributed by atoms with Crippen LogP contribution in [0.4, 0.5) is 0 Å². The average Bonchev–Trinajstić information content (AvgIpc) is 0.811. The van der Waals surface area contributed by atoms with E-state index in [0.717, 1.165) is 0 Å². The summed E-state index contributed by atoms with van der Waals surface area (Å²) in [4.78, 5) is 8.36. The van der Waals surface area contributed by atoms with Crippen molar-refractivity contribution in [3.05, 3.63) is 10.1 Å². The standard InChI is InChI=1S/HNO3.4H2O.Ti/c2-1(3)4;;;;;/h(H,2,3,4);4*1H2;. The summed E-state index contributed by atoms with van der Waals surface area (Å²) in [5, 5.41) is 13.6. The summed E-state index contributed by atoms with van der Waals surface area (Å²) in [5.74, 6) is 0. The predicted octanol–water partition coefficient (Wildman–Crippen LogP) is -3.65. The summed E-state index contributed by atoms with van der Waals surface area (Å²) in [6, 6.07) is 0. The van der Waals surface area contributed by atoms with Gasteiger partial charge in [-0.15, -0.1) is 10.1 Å². The molecule has 0 saturated heterocycles. The van der Waals surface area contributed by atoms with Gasteiger partial charge in [0.05, 0.1) is 0 Å². The maximum Gasteiger partial charge on any atom is 0.291 e.